The Morgan fingerprint density at radius 1 is 1.06 bits per heavy atom. The highest BCUT2D eigenvalue weighted by Gasteiger charge is 2.26. The summed E-state index contributed by atoms with van der Waals surface area (Å²) in [5.41, 5.74) is 3.90. The van der Waals surface area contributed by atoms with Gasteiger partial charge in [0.15, 0.2) is 0 Å². The van der Waals surface area contributed by atoms with E-state index in [1.54, 1.807) is 0 Å². The molecule has 2 heterocycles. The summed E-state index contributed by atoms with van der Waals surface area (Å²) in [6.45, 7) is 2.84. The van der Waals surface area contributed by atoms with E-state index in [-0.39, 0.29) is 11.9 Å². The van der Waals surface area contributed by atoms with Gasteiger partial charge in [0.05, 0.1) is 16.6 Å². The Bertz CT molecular complexity index is 1250. The fourth-order valence-corrected chi connectivity index (χ4v) is 5.75. The summed E-state index contributed by atoms with van der Waals surface area (Å²) in [6.07, 6.45) is 8.82. The van der Waals surface area contributed by atoms with E-state index in [0.717, 1.165) is 36.9 Å². The van der Waals surface area contributed by atoms with Crippen molar-refractivity contribution in [3.63, 3.8) is 0 Å². The van der Waals surface area contributed by atoms with Gasteiger partial charge in [-0.1, -0.05) is 59.0 Å². The second-order valence-electron chi connectivity index (χ2n) is 8.95. The summed E-state index contributed by atoms with van der Waals surface area (Å²) in [7, 11) is 0. The molecule has 1 amide bonds. The van der Waals surface area contributed by atoms with Crippen LogP contribution >= 0.6 is 22.6 Å². The number of amides is 1. The van der Waals surface area contributed by atoms with Crippen LogP contribution in [-0.2, 0) is 6.54 Å². The Kier molecular flexibility index (Phi) is 6.17. The third kappa shape index (κ3) is 4.27. The highest BCUT2D eigenvalue weighted by Crippen LogP contribution is 2.31. The summed E-state index contributed by atoms with van der Waals surface area (Å²) in [5, 5.41) is 5.54. The number of para-hydroxylation sites is 2. The van der Waals surface area contributed by atoms with Crippen LogP contribution in [0.2, 0.25) is 0 Å². The molecule has 4 aromatic rings. The van der Waals surface area contributed by atoms with Crippen molar-refractivity contribution in [2.24, 2.45) is 5.92 Å². The van der Waals surface area contributed by atoms with Crippen LogP contribution in [-0.4, -0.2) is 25.4 Å². The number of aromatic nitrogens is 2. The predicted octanol–water partition coefficient (Wildman–Crippen LogP) is 6.35. The van der Waals surface area contributed by atoms with Crippen molar-refractivity contribution in [1.29, 1.82) is 0 Å². The van der Waals surface area contributed by atoms with Gasteiger partial charge in [-0.25, -0.2) is 0 Å². The minimum atomic E-state index is 0.0238. The molecule has 4 nitrogen and oxygen atoms in total. The Balaban J connectivity index is 1.43. The van der Waals surface area contributed by atoms with Crippen molar-refractivity contribution in [3.8, 4) is 0 Å². The second kappa shape index (κ2) is 9.22. The molecule has 1 fully saturated rings. The number of carbonyl (C=O) groups is 1. The number of pyridine rings is 1. The van der Waals surface area contributed by atoms with Gasteiger partial charge in [-0.3, -0.25) is 9.78 Å². The zero-order valence-electron chi connectivity index (χ0n) is 18.3. The largest absolute Gasteiger partial charge is 0.349 e. The van der Waals surface area contributed by atoms with Crippen LogP contribution < -0.4 is 5.32 Å². The standard InChI is InChI=1S/C27H28IN3O/c1-18(19-10-12-23(28)13-11-19)30-27(32)24-9-3-6-21-14-16-31(26(21)24)17-22-7-2-5-20-8-4-15-29-25(20)22/h2-9,14-16,18-19,23H,10-13,17H2,1H3,(H,30,32). The van der Waals surface area contributed by atoms with Gasteiger partial charge in [-0.05, 0) is 62.3 Å². The van der Waals surface area contributed by atoms with Crippen LogP contribution in [0.1, 0.15) is 48.5 Å². The topological polar surface area (TPSA) is 46.9 Å². The van der Waals surface area contributed by atoms with Crippen molar-refractivity contribution in [1.82, 2.24) is 14.9 Å². The molecule has 0 bridgehead atoms. The number of carbonyl (C=O) groups excluding carboxylic acids is 1. The lowest BCUT2D eigenvalue weighted by Crippen LogP contribution is -2.39. The summed E-state index contributed by atoms with van der Waals surface area (Å²) in [6, 6.07) is 18.6. The number of rotatable bonds is 5. The third-order valence-electron chi connectivity index (χ3n) is 6.86. The first-order valence-electron chi connectivity index (χ1n) is 11.5. The third-order valence-corrected chi connectivity index (χ3v) is 8.10. The maximum absolute atomic E-state index is 13.4. The van der Waals surface area contributed by atoms with Crippen molar-refractivity contribution in [2.75, 3.05) is 0 Å². The van der Waals surface area contributed by atoms with Gasteiger partial charge in [-0.15, -0.1) is 0 Å². The van der Waals surface area contributed by atoms with Crippen molar-refractivity contribution in [2.45, 2.75) is 49.1 Å². The SMILES string of the molecule is CC(NC(=O)c1cccc2ccn(Cc3cccc4cccnc34)c12)C1CCC(I)CC1. The fraction of sp³-hybridized carbons (Fsp3) is 0.333. The summed E-state index contributed by atoms with van der Waals surface area (Å²) in [5.74, 6) is 0.591. The molecular formula is C27H28IN3O. The van der Waals surface area contributed by atoms with Crippen LogP contribution in [0.25, 0.3) is 21.8 Å². The van der Waals surface area contributed by atoms with Crippen molar-refractivity contribution < 1.29 is 4.79 Å². The molecule has 1 N–H and O–H groups in total. The van der Waals surface area contributed by atoms with Gasteiger partial charge in [0, 0.05) is 39.7 Å². The number of fused-ring (bicyclic) bond motifs is 2. The lowest BCUT2D eigenvalue weighted by Gasteiger charge is -2.30. The van der Waals surface area contributed by atoms with Crippen LogP contribution in [0.5, 0.6) is 0 Å². The minimum absolute atomic E-state index is 0.0238. The predicted molar refractivity (Wildman–Crippen MR) is 139 cm³/mol. The quantitative estimate of drug-likeness (QED) is 0.238. The number of benzene rings is 2. The molecule has 164 valence electrons. The van der Waals surface area contributed by atoms with E-state index in [1.807, 2.05) is 24.4 Å². The van der Waals surface area contributed by atoms with Gasteiger partial charge < -0.3 is 9.88 Å². The Labute approximate surface area is 202 Å². The van der Waals surface area contributed by atoms with E-state index in [9.17, 15) is 4.79 Å². The molecule has 1 atom stereocenters. The molecule has 32 heavy (non-hydrogen) atoms. The number of nitrogens with zero attached hydrogens (tertiary/aromatic N) is 2. The number of hydrogen-bond acceptors (Lipinski definition) is 2. The molecule has 0 saturated heterocycles. The first-order chi connectivity index (χ1) is 15.6. The zero-order chi connectivity index (χ0) is 22.1. The van der Waals surface area contributed by atoms with Crippen LogP contribution in [0, 0.1) is 5.92 Å². The normalized spacial score (nSPS) is 19.8. The molecule has 1 aliphatic carbocycles. The van der Waals surface area contributed by atoms with Gasteiger partial charge in [0.25, 0.3) is 5.91 Å². The average Bonchev–Trinajstić information content (AvgIpc) is 3.22. The fourth-order valence-electron chi connectivity index (χ4n) is 5.04. The maximum Gasteiger partial charge on any atom is 0.253 e. The van der Waals surface area contributed by atoms with Crippen molar-refractivity contribution in [3.05, 3.63) is 78.1 Å². The number of nitrogens with one attached hydrogen (secondary N) is 1. The van der Waals surface area contributed by atoms with E-state index < -0.39 is 0 Å². The molecule has 0 aliphatic heterocycles. The van der Waals surface area contributed by atoms with E-state index in [2.05, 4.69) is 87.0 Å². The first-order valence-corrected chi connectivity index (χ1v) is 12.7. The second-order valence-corrected chi connectivity index (χ2v) is 10.7. The Hall–Kier alpha value is -2.41. The Morgan fingerprint density at radius 3 is 2.66 bits per heavy atom. The first kappa shape index (κ1) is 21.4. The highest BCUT2D eigenvalue weighted by atomic mass is 127. The van der Waals surface area contributed by atoms with Crippen molar-refractivity contribution >= 4 is 50.3 Å². The molecular weight excluding hydrogens is 509 g/mol. The molecule has 2 aromatic heterocycles. The van der Waals surface area contributed by atoms with Gasteiger partial charge in [0.2, 0.25) is 0 Å². The Morgan fingerprint density at radius 2 is 1.81 bits per heavy atom. The van der Waals surface area contributed by atoms with Gasteiger partial charge in [0.1, 0.15) is 0 Å². The molecule has 1 saturated carbocycles. The van der Waals surface area contributed by atoms with E-state index in [0.29, 0.717) is 12.5 Å². The van der Waals surface area contributed by atoms with E-state index >= 15 is 0 Å². The minimum Gasteiger partial charge on any atom is -0.349 e. The number of hydrogen-bond donors (Lipinski definition) is 1. The lowest BCUT2D eigenvalue weighted by molar-refractivity contribution is 0.0921. The lowest BCUT2D eigenvalue weighted by atomic mass is 9.84. The van der Waals surface area contributed by atoms with Gasteiger partial charge >= 0.3 is 0 Å². The number of halogens is 1. The molecule has 2 aromatic carbocycles. The molecule has 1 aliphatic rings. The molecule has 1 unspecified atom stereocenters. The molecule has 5 rings (SSSR count). The van der Waals surface area contributed by atoms with Crippen LogP contribution in [0.4, 0.5) is 0 Å². The van der Waals surface area contributed by atoms with E-state index in [4.69, 9.17) is 0 Å². The molecule has 0 spiro atoms. The average molecular weight is 537 g/mol. The number of alkyl halides is 1. The summed E-state index contributed by atoms with van der Waals surface area (Å²) in [4.78, 5) is 18.0. The smallest absolute Gasteiger partial charge is 0.253 e. The molecule has 0 radical (unpaired) electrons. The monoisotopic (exact) mass is 537 g/mol. The summed E-state index contributed by atoms with van der Waals surface area (Å²) >= 11 is 2.56. The van der Waals surface area contributed by atoms with Crippen LogP contribution in [0.15, 0.2) is 67.0 Å². The van der Waals surface area contributed by atoms with Crippen LogP contribution in [0.3, 0.4) is 0 Å². The summed E-state index contributed by atoms with van der Waals surface area (Å²) < 4.78 is 2.96. The van der Waals surface area contributed by atoms with E-state index in [1.165, 1.54) is 25.7 Å². The maximum atomic E-state index is 13.4. The highest BCUT2D eigenvalue weighted by molar-refractivity contribution is 14.1. The zero-order valence-corrected chi connectivity index (χ0v) is 20.5. The molecule has 5 heteroatoms. The van der Waals surface area contributed by atoms with Gasteiger partial charge in [-0.2, -0.15) is 0 Å².